The molecule has 1 saturated heterocycles. The van der Waals surface area contributed by atoms with E-state index in [-0.39, 0.29) is 0 Å². The molecule has 1 aliphatic carbocycles. The highest BCUT2D eigenvalue weighted by atomic mass is 16.5. The maximum atomic E-state index is 5.44. The molecule has 1 aliphatic heterocycles. The molecule has 0 aromatic heterocycles. The van der Waals surface area contributed by atoms with Gasteiger partial charge in [0.05, 0.1) is 12.2 Å². The van der Waals surface area contributed by atoms with E-state index < -0.39 is 0 Å². The van der Waals surface area contributed by atoms with Crippen LogP contribution in [0.4, 0.5) is 0 Å². The average Bonchev–Trinajstić information content (AvgIpc) is 2.15. The molecule has 1 heteroatoms. The lowest BCUT2D eigenvalue weighted by Crippen LogP contribution is -2.00. The third-order valence-corrected chi connectivity index (χ3v) is 1.90. The van der Waals surface area contributed by atoms with Crippen LogP contribution in [0.5, 0.6) is 0 Å². The van der Waals surface area contributed by atoms with E-state index in [9.17, 15) is 0 Å². The van der Waals surface area contributed by atoms with Gasteiger partial charge in [0.25, 0.3) is 0 Å². The third-order valence-electron chi connectivity index (χ3n) is 1.90. The van der Waals surface area contributed by atoms with Crippen LogP contribution in [0, 0.1) is 5.92 Å². The second-order valence-corrected chi connectivity index (χ2v) is 2.72. The second-order valence-electron chi connectivity index (χ2n) is 2.72. The summed E-state index contributed by atoms with van der Waals surface area (Å²) in [7, 11) is 0. The van der Waals surface area contributed by atoms with Crippen LogP contribution in [0.15, 0.2) is 0 Å². The van der Waals surface area contributed by atoms with Gasteiger partial charge in [-0.2, -0.15) is 0 Å². The van der Waals surface area contributed by atoms with Crippen LogP contribution in [0.1, 0.15) is 19.8 Å². The molecule has 1 saturated carbocycles. The van der Waals surface area contributed by atoms with E-state index in [1.165, 1.54) is 12.8 Å². The Hall–Kier alpha value is -0.0400. The maximum Gasteiger partial charge on any atom is 0.0612 e. The standard InChI is InChI=1S/C6H10O/c1-4-2-5-3-6(5)7-4/h4-6H,2-3H2,1H3. The Kier molecular flexibility index (Phi) is 0.571. The summed E-state index contributed by atoms with van der Waals surface area (Å²) in [4.78, 5) is 0. The Balaban J connectivity index is 2.02. The minimum absolute atomic E-state index is 0.573. The molecule has 2 rings (SSSR count). The van der Waals surface area contributed by atoms with E-state index >= 15 is 0 Å². The fourth-order valence-corrected chi connectivity index (χ4v) is 1.41. The Bertz CT molecular complexity index is 80.2. The van der Waals surface area contributed by atoms with Gasteiger partial charge in [0.15, 0.2) is 0 Å². The van der Waals surface area contributed by atoms with Gasteiger partial charge in [-0.15, -0.1) is 0 Å². The summed E-state index contributed by atoms with van der Waals surface area (Å²) in [5.74, 6) is 0.968. The molecule has 3 unspecified atom stereocenters. The minimum Gasteiger partial charge on any atom is -0.375 e. The highest BCUT2D eigenvalue weighted by Crippen LogP contribution is 2.44. The number of rotatable bonds is 0. The van der Waals surface area contributed by atoms with Crippen molar-refractivity contribution in [2.45, 2.75) is 32.0 Å². The Morgan fingerprint density at radius 3 is 2.57 bits per heavy atom. The molecule has 2 fully saturated rings. The monoisotopic (exact) mass is 98.1 g/mol. The van der Waals surface area contributed by atoms with Crippen LogP contribution in [0.2, 0.25) is 0 Å². The first-order chi connectivity index (χ1) is 3.36. The first-order valence-corrected chi connectivity index (χ1v) is 3.02. The van der Waals surface area contributed by atoms with Crippen LogP contribution >= 0.6 is 0 Å². The van der Waals surface area contributed by atoms with Crippen LogP contribution in [0.3, 0.4) is 0 Å². The summed E-state index contributed by atoms with van der Waals surface area (Å²) in [5.41, 5.74) is 0. The first kappa shape index (κ1) is 3.90. The van der Waals surface area contributed by atoms with Crippen molar-refractivity contribution in [2.24, 2.45) is 5.92 Å². The smallest absolute Gasteiger partial charge is 0.0612 e. The van der Waals surface area contributed by atoms with Crippen molar-refractivity contribution in [3.63, 3.8) is 0 Å². The zero-order valence-electron chi connectivity index (χ0n) is 4.55. The van der Waals surface area contributed by atoms with Gasteiger partial charge in [0.1, 0.15) is 0 Å². The number of hydrogen-bond acceptors (Lipinski definition) is 1. The van der Waals surface area contributed by atoms with Crippen molar-refractivity contribution in [3.8, 4) is 0 Å². The molecule has 1 heterocycles. The summed E-state index contributed by atoms with van der Waals surface area (Å²) in [6.45, 7) is 2.16. The van der Waals surface area contributed by atoms with Gasteiger partial charge in [-0.25, -0.2) is 0 Å². The summed E-state index contributed by atoms with van der Waals surface area (Å²) in [6.07, 6.45) is 3.94. The molecule has 0 N–H and O–H groups in total. The average molecular weight is 98.1 g/mol. The van der Waals surface area contributed by atoms with Crippen molar-refractivity contribution in [1.29, 1.82) is 0 Å². The van der Waals surface area contributed by atoms with E-state index in [0.717, 1.165) is 5.92 Å². The van der Waals surface area contributed by atoms with Crippen LogP contribution in [-0.2, 0) is 4.74 Å². The summed E-state index contributed by atoms with van der Waals surface area (Å²) in [5, 5.41) is 0. The van der Waals surface area contributed by atoms with Gasteiger partial charge in [-0.3, -0.25) is 0 Å². The van der Waals surface area contributed by atoms with Crippen molar-refractivity contribution in [3.05, 3.63) is 0 Å². The van der Waals surface area contributed by atoms with Gasteiger partial charge in [-0.1, -0.05) is 0 Å². The molecule has 2 aliphatic rings. The molecule has 0 aromatic rings. The SMILES string of the molecule is CC1CC2CC2O1. The fraction of sp³-hybridized carbons (Fsp3) is 1.00. The predicted octanol–water partition coefficient (Wildman–Crippen LogP) is 1.18. The van der Waals surface area contributed by atoms with Gasteiger partial charge < -0.3 is 4.74 Å². The van der Waals surface area contributed by atoms with Gasteiger partial charge in [0.2, 0.25) is 0 Å². The highest BCUT2D eigenvalue weighted by Gasteiger charge is 2.45. The van der Waals surface area contributed by atoms with Gasteiger partial charge in [-0.05, 0) is 25.7 Å². The summed E-state index contributed by atoms with van der Waals surface area (Å²) in [6, 6.07) is 0. The van der Waals surface area contributed by atoms with Crippen LogP contribution < -0.4 is 0 Å². The molecule has 1 nitrogen and oxygen atoms in total. The first-order valence-electron chi connectivity index (χ1n) is 3.02. The molecule has 0 bridgehead atoms. The van der Waals surface area contributed by atoms with Crippen molar-refractivity contribution in [2.75, 3.05) is 0 Å². The second kappa shape index (κ2) is 1.03. The Morgan fingerprint density at radius 2 is 2.29 bits per heavy atom. The molecular weight excluding hydrogens is 88.1 g/mol. The molecular formula is C6H10O. The predicted molar refractivity (Wildman–Crippen MR) is 27.1 cm³/mol. The topological polar surface area (TPSA) is 9.23 Å². The largest absolute Gasteiger partial charge is 0.375 e. The molecule has 7 heavy (non-hydrogen) atoms. The van der Waals surface area contributed by atoms with E-state index in [2.05, 4.69) is 6.92 Å². The quantitative estimate of drug-likeness (QED) is 0.442. The van der Waals surface area contributed by atoms with E-state index in [4.69, 9.17) is 4.74 Å². The van der Waals surface area contributed by atoms with Crippen molar-refractivity contribution >= 4 is 0 Å². The Labute approximate surface area is 43.7 Å². The normalized spacial score (nSPS) is 57.0. The molecule has 0 radical (unpaired) electrons. The van der Waals surface area contributed by atoms with E-state index in [1.807, 2.05) is 0 Å². The van der Waals surface area contributed by atoms with Crippen molar-refractivity contribution < 1.29 is 4.74 Å². The summed E-state index contributed by atoms with van der Waals surface area (Å²) >= 11 is 0. The Morgan fingerprint density at radius 1 is 1.43 bits per heavy atom. The number of ether oxygens (including phenoxy) is 1. The fourth-order valence-electron chi connectivity index (χ4n) is 1.41. The lowest BCUT2D eigenvalue weighted by atomic mass is 10.2. The number of fused-ring (bicyclic) bond motifs is 1. The van der Waals surface area contributed by atoms with Gasteiger partial charge >= 0.3 is 0 Å². The maximum absolute atomic E-state index is 5.44. The third kappa shape index (κ3) is 0.480. The molecule has 0 amide bonds. The molecule has 0 aromatic carbocycles. The summed E-state index contributed by atoms with van der Waals surface area (Å²) < 4.78 is 5.44. The lowest BCUT2D eigenvalue weighted by molar-refractivity contribution is 0.0867. The van der Waals surface area contributed by atoms with Crippen molar-refractivity contribution in [1.82, 2.24) is 0 Å². The lowest BCUT2D eigenvalue weighted by Gasteiger charge is -2.01. The van der Waals surface area contributed by atoms with E-state index in [1.54, 1.807) is 0 Å². The zero-order chi connectivity index (χ0) is 4.85. The van der Waals surface area contributed by atoms with Crippen LogP contribution in [0.25, 0.3) is 0 Å². The zero-order valence-corrected chi connectivity index (χ0v) is 4.55. The number of hydrogen-bond donors (Lipinski definition) is 0. The van der Waals surface area contributed by atoms with Gasteiger partial charge in [0, 0.05) is 0 Å². The molecule has 40 valence electrons. The molecule has 0 spiro atoms. The molecule has 3 atom stereocenters. The van der Waals surface area contributed by atoms with E-state index in [0.29, 0.717) is 12.2 Å². The minimum atomic E-state index is 0.573. The highest BCUT2D eigenvalue weighted by molar-refractivity contribution is 4.94. The van der Waals surface area contributed by atoms with Crippen LogP contribution in [-0.4, -0.2) is 12.2 Å².